The number of anilines is 1. The Balaban J connectivity index is 3.15. The lowest BCUT2D eigenvalue weighted by atomic mass is 10.1. The normalized spacial score (nSPS) is 11.2. The van der Waals surface area contributed by atoms with E-state index in [2.05, 4.69) is 6.07 Å². The maximum absolute atomic E-state index is 10.9. The predicted octanol–water partition coefficient (Wildman–Crippen LogP) is 2.24. The second-order valence-corrected chi connectivity index (χ2v) is 4.22. The molecule has 0 radical (unpaired) electrons. The van der Waals surface area contributed by atoms with E-state index in [9.17, 15) is 4.79 Å². The first-order valence-electron chi connectivity index (χ1n) is 5.95. The van der Waals surface area contributed by atoms with Gasteiger partial charge >= 0.3 is 5.97 Å². The quantitative estimate of drug-likeness (QED) is 0.873. The third-order valence-electron chi connectivity index (χ3n) is 2.80. The zero-order chi connectivity index (χ0) is 14.4. The molecule has 0 aliphatic carbocycles. The van der Waals surface area contributed by atoms with Crippen molar-refractivity contribution >= 4 is 11.7 Å². The Morgan fingerprint density at radius 2 is 2.16 bits per heavy atom. The number of rotatable bonds is 5. The molecule has 1 aromatic rings. The van der Waals surface area contributed by atoms with E-state index in [4.69, 9.17) is 15.6 Å². The molecule has 5 nitrogen and oxygen atoms in total. The van der Waals surface area contributed by atoms with Gasteiger partial charge in [-0.25, -0.2) is 4.79 Å². The Hall–Kier alpha value is -2.53. The first-order valence-corrected chi connectivity index (χ1v) is 5.95. The number of hydrogen-bond donors (Lipinski definition) is 1. The highest BCUT2D eigenvalue weighted by atomic mass is 16.4. The molecule has 19 heavy (non-hydrogen) atoms. The van der Waals surface area contributed by atoms with Crippen LogP contribution in [0.1, 0.15) is 29.8 Å². The zero-order valence-corrected chi connectivity index (χ0v) is 10.9. The SMILES string of the molecule is CCN(CC(C)C#N)c1ccc(C(=O)O)cc1C#N. The predicted molar refractivity (Wildman–Crippen MR) is 70.8 cm³/mol. The van der Waals surface area contributed by atoms with Crippen molar-refractivity contribution < 1.29 is 9.90 Å². The number of carbonyl (C=O) groups is 1. The van der Waals surface area contributed by atoms with Crippen LogP contribution in [-0.4, -0.2) is 24.2 Å². The Morgan fingerprint density at radius 1 is 1.47 bits per heavy atom. The molecule has 0 saturated carbocycles. The molecule has 1 unspecified atom stereocenters. The molecule has 0 aliphatic heterocycles. The number of nitrogens with zero attached hydrogens (tertiary/aromatic N) is 3. The summed E-state index contributed by atoms with van der Waals surface area (Å²) in [4.78, 5) is 12.8. The van der Waals surface area contributed by atoms with Crippen LogP contribution in [-0.2, 0) is 0 Å². The smallest absolute Gasteiger partial charge is 0.335 e. The summed E-state index contributed by atoms with van der Waals surface area (Å²) in [5.74, 6) is -1.22. The maximum Gasteiger partial charge on any atom is 0.335 e. The number of aromatic carboxylic acids is 1. The van der Waals surface area contributed by atoms with Crippen molar-refractivity contribution in [1.29, 1.82) is 10.5 Å². The first kappa shape index (κ1) is 14.5. The van der Waals surface area contributed by atoms with Crippen LogP contribution in [0.4, 0.5) is 5.69 Å². The molecule has 1 atom stereocenters. The molecule has 0 heterocycles. The minimum Gasteiger partial charge on any atom is -0.478 e. The van der Waals surface area contributed by atoms with Gasteiger partial charge in [-0.1, -0.05) is 0 Å². The summed E-state index contributed by atoms with van der Waals surface area (Å²) in [5, 5.41) is 26.9. The van der Waals surface area contributed by atoms with Crippen LogP contribution in [0.15, 0.2) is 18.2 Å². The largest absolute Gasteiger partial charge is 0.478 e. The molecule has 98 valence electrons. The second-order valence-electron chi connectivity index (χ2n) is 4.22. The summed E-state index contributed by atoms with van der Waals surface area (Å²) in [6, 6.07) is 8.61. The lowest BCUT2D eigenvalue weighted by molar-refractivity contribution is 0.0697. The fourth-order valence-electron chi connectivity index (χ4n) is 1.80. The molecule has 1 aromatic carbocycles. The van der Waals surface area contributed by atoms with Crippen LogP contribution >= 0.6 is 0 Å². The van der Waals surface area contributed by atoms with Gasteiger partial charge in [-0.2, -0.15) is 10.5 Å². The van der Waals surface area contributed by atoms with Crippen molar-refractivity contribution in [1.82, 2.24) is 0 Å². The molecule has 0 spiro atoms. The third kappa shape index (κ3) is 3.46. The molecule has 0 bridgehead atoms. The van der Waals surface area contributed by atoms with Gasteiger partial charge in [-0.05, 0) is 32.0 Å². The monoisotopic (exact) mass is 257 g/mol. The van der Waals surface area contributed by atoms with E-state index in [0.29, 0.717) is 24.3 Å². The van der Waals surface area contributed by atoms with Gasteiger partial charge in [0.15, 0.2) is 0 Å². The molecule has 1 rings (SSSR count). The van der Waals surface area contributed by atoms with E-state index in [-0.39, 0.29) is 11.5 Å². The minimum atomic E-state index is -1.06. The standard InChI is InChI=1S/C14H15N3O2/c1-3-17(9-10(2)7-15)13-5-4-11(14(18)19)6-12(13)8-16/h4-6,10H,3,9H2,1-2H3,(H,18,19). The van der Waals surface area contributed by atoms with Crippen LogP contribution in [0.25, 0.3) is 0 Å². The molecule has 0 amide bonds. The Bertz CT molecular complexity index is 555. The van der Waals surface area contributed by atoms with E-state index >= 15 is 0 Å². The summed E-state index contributed by atoms with van der Waals surface area (Å²) in [5.41, 5.74) is 1.06. The van der Waals surface area contributed by atoms with Gasteiger partial charge in [0.25, 0.3) is 0 Å². The van der Waals surface area contributed by atoms with Crippen LogP contribution in [0.5, 0.6) is 0 Å². The molecule has 5 heteroatoms. The molecular formula is C14H15N3O2. The number of benzene rings is 1. The topological polar surface area (TPSA) is 88.1 Å². The highest BCUT2D eigenvalue weighted by molar-refractivity contribution is 5.89. The van der Waals surface area contributed by atoms with Crippen LogP contribution in [0.2, 0.25) is 0 Å². The highest BCUT2D eigenvalue weighted by Crippen LogP contribution is 2.22. The molecule has 0 fully saturated rings. The van der Waals surface area contributed by atoms with E-state index < -0.39 is 5.97 Å². The van der Waals surface area contributed by atoms with Crippen molar-refractivity contribution in [3.63, 3.8) is 0 Å². The van der Waals surface area contributed by atoms with E-state index in [0.717, 1.165) is 0 Å². The lowest BCUT2D eigenvalue weighted by Crippen LogP contribution is -2.28. The first-order chi connectivity index (χ1) is 9.03. The fourth-order valence-corrected chi connectivity index (χ4v) is 1.80. The Morgan fingerprint density at radius 3 is 2.63 bits per heavy atom. The van der Waals surface area contributed by atoms with Crippen molar-refractivity contribution in [2.24, 2.45) is 5.92 Å². The van der Waals surface area contributed by atoms with Crippen LogP contribution in [0, 0.1) is 28.6 Å². The fraction of sp³-hybridized carbons (Fsp3) is 0.357. The van der Waals surface area contributed by atoms with Gasteiger partial charge in [0.05, 0.1) is 28.8 Å². The summed E-state index contributed by atoms with van der Waals surface area (Å²) in [6.45, 7) is 4.89. The second kappa shape index (κ2) is 6.42. The molecule has 0 saturated heterocycles. The van der Waals surface area contributed by atoms with Crippen LogP contribution < -0.4 is 4.90 Å². The summed E-state index contributed by atoms with van der Waals surface area (Å²) in [6.07, 6.45) is 0. The van der Waals surface area contributed by atoms with Crippen molar-refractivity contribution in [3.8, 4) is 12.1 Å². The van der Waals surface area contributed by atoms with Gasteiger partial charge in [0.1, 0.15) is 6.07 Å². The average Bonchev–Trinajstić information content (AvgIpc) is 2.43. The van der Waals surface area contributed by atoms with E-state index in [1.54, 1.807) is 13.0 Å². The summed E-state index contributed by atoms with van der Waals surface area (Å²) >= 11 is 0. The summed E-state index contributed by atoms with van der Waals surface area (Å²) in [7, 11) is 0. The number of carboxylic acid groups (broad SMARTS) is 1. The maximum atomic E-state index is 10.9. The van der Waals surface area contributed by atoms with E-state index in [1.807, 2.05) is 17.9 Å². The van der Waals surface area contributed by atoms with Gasteiger partial charge in [0, 0.05) is 13.1 Å². The van der Waals surface area contributed by atoms with Crippen molar-refractivity contribution in [3.05, 3.63) is 29.3 Å². The van der Waals surface area contributed by atoms with Gasteiger partial charge in [0.2, 0.25) is 0 Å². The Kier molecular flexibility index (Phi) is 4.91. The van der Waals surface area contributed by atoms with Crippen molar-refractivity contribution in [2.75, 3.05) is 18.0 Å². The Labute approximate surface area is 112 Å². The number of nitriles is 2. The van der Waals surface area contributed by atoms with Gasteiger partial charge < -0.3 is 10.0 Å². The molecule has 0 aliphatic rings. The third-order valence-corrected chi connectivity index (χ3v) is 2.80. The zero-order valence-electron chi connectivity index (χ0n) is 10.9. The van der Waals surface area contributed by atoms with Crippen LogP contribution in [0.3, 0.4) is 0 Å². The summed E-state index contributed by atoms with van der Waals surface area (Å²) < 4.78 is 0. The van der Waals surface area contributed by atoms with E-state index in [1.165, 1.54) is 12.1 Å². The molecule has 0 aromatic heterocycles. The molecular weight excluding hydrogens is 242 g/mol. The number of hydrogen-bond acceptors (Lipinski definition) is 4. The highest BCUT2D eigenvalue weighted by Gasteiger charge is 2.15. The average molecular weight is 257 g/mol. The van der Waals surface area contributed by atoms with Crippen molar-refractivity contribution in [2.45, 2.75) is 13.8 Å². The number of carboxylic acids is 1. The van der Waals surface area contributed by atoms with Gasteiger partial charge in [-0.3, -0.25) is 0 Å². The lowest BCUT2D eigenvalue weighted by Gasteiger charge is -2.25. The van der Waals surface area contributed by atoms with Gasteiger partial charge in [-0.15, -0.1) is 0 Å². The minimum absolute atomic E-state index is 0.0877. The molecule has 1 N–H and O–H groups in total.